The molecule has 2 amide bonds. The van der Waals surface area contributed by atoms with E-state index in [1.807, 2.05) is 0 Å². The minimum atomic E-state index is -0.423. The number of benzene rings is 2. The van der Waals surface area contributed by atoms with Crippen LogP contribution in [0.5, 0.6) is 5.75 Å². The molecule has 2 aromatic carbocycles. The molecule has 0 spiro atoms. The summed E-state index contributed by atoms with van der Waals surface area (Å²) in [5.74, 6) is 0.277. The minimum Gasteiger partial charge on any atom is -0.497 e. The smallest absolute Gasteiger partial charge is 0.323 e. The van der Waals surface area contributed by atoms with Crippen LogP contribution in [0.2, 0.25) is 0 Å². The molecule has 2 aromatic rings. The Bertz CT molecular complexity index is 852. The summed E-state index contributed by atoms with van der Waals surface area (Å²) in [5.41, 5.74) is 9.36. The lowest BCUT2D eigenvalue weighted by molar-refractivity contribution is 0.262. The third kappa shape index (κ3) is 5.24. The number of nitriles is 1. The van der Waals surface area contributed by atoms with E-state index in [0.29, 0.717) is 22.8 Å². The Balaban J connectivity index is 1.92. The van der Waals surface area contributed by atoms with E-state index < -0.39 is 11.9 Å². The number of hydrogen-bond donors (Lipinski definition) is 5. The average molecular weight is 351 g/mol. The van der Waals surface area contributed by atoms with Gasteiger partial charge in [0.1, 0.15) is 11.8 Å². The topological polar surface area (TPSA) is 148 Å². The van der Waals surface area contributed by atoms with Gasteiger partial charge in [-0.1, -0.05) is 0 Å². The number of amidine groups is 1. The molecule has 0 saturated carbocycles. The van der Waals surface area contributed by atoms with E-state index in [1.165, 1.54) is 0 Å². The van der Waals surface area contributed by atoms with Gasteiger partial charge in [-0.2, -0.15) is 10.4 Å². The summed E-state index contributed by atoms with van der Waals surface area (Å²) in [6.07, 6.45) is 0. The number of nitrogens with two attached hydrogens (primary N) is 1. The van der Waals surface area contributed by atoms with Crippen molar-refractivity contribution < 1.29 is 9.53 Å². The molecule has 0 heterocycles. The van der Waals surface area contributed by atoms with Gasteiger partial charge in [-0.3, -0.25) is 10.8 Å². The van der Waals surface area contributed by atoms with E-state index in [4.69, 9.17) is 21.1 Å². The van der Waals surface area contributed by atoms with Crippen LogP contribution in [0, 0.1) is 16.7 Å². The molecular weight excluding hydrogens is 334 g/mol. The van der Waals surface area contributed by atoms with Crippen molar-refractivity contribution in [3.63, 3.8) is 0 Å². The van der Waals surface area contributed by atoms with Crippen LogP contribution in [0.15, 0.2) is 53.6 Å². The molecule has 0 aliphatic rings. The molecule has 0 fully saturated rings. The zero-order valence-corrected chi connectivity index (χ0v) is 13.9. The van der Waals surface area contributed by atoms with Crippen LogP contribution in [0.3, 0.4) is 0 Å². The average Bonchev–Trinajstić information content (AvgIpc) is 2.64. The molecule has 0 aliphatic carbocycles. The molecule has 0 aliphatic heterocycles. The summed E-state index contributed by atoms with van der Waals surface area (Å²) < 4.78 is 5.06. The largest absolute Gasteiger partial charge is 0.497 e. The van der Waals surface area contributed by atoms with E-state index in [-0.39, 0.29) is 5.71 Å². The maximum Gasteiger partial charge on any atom is 0.323 e. The Hall–Kier alpha value is -4.06. The molecule has 0 bridgehead atoms. The van der Waals surface area contributed by atoms with Gasteiger partial charge in [0.25, 0.3) is 0 Å². The van der Waals surface area contributed by atoms with Crippen LogP contribution in [0.25, 0.3) is 0 Å². The highest BCUT2D eigenvalue weighted by Crippen LogP contribution is 2.16. The molecule has 6 N–H and O–H groups in total. The molecular formula is C17H17N7O2. The number of methoxy groups -OCH3 is 1. The SMILES string of the molecule is COc1ccc(NC(=O)Nc2ccc(N/N=C(\C#N)C(=N)N)cc2)cc1. The van der Waals surface area contributed by atoms with Crippen molar-refractivity contribution in [2.45, 2.75) is 0 Å². The van der Waals surface area contributed by atoms with Crippen LogP contribution in [0.4, 0.5) is 21.9 Å². The number of anilines is 3. The highest BCUT2D eigenvalue weighted by molar-refractivity contribution is 6.45. The molecule has 132 valence electrons. The maximum absolute atomic E-state index is 12.0. The van der Waals surface area contributed by atoms with Gasteiger partial charge in [-0.05, 0) is 48.5 Å². The molecule has 0 saturated heterocycles. The first-order valence-corrected chi connectivity index (χ1v) is 7.42. The molecule has 2 rings (SSSR count). The maximum atomic E-state index is 12.0. The van der Waals surface area contributed by atoms with E-state index in [0.717, 1.165) is 0 Å². The first kappa shape index (κ1) is 18.3. The van der Waals surface area contributed by atoms with Gasteiger partial charge in [0.2, 0.25) is 5.71 Å². The van der Waals surface area contributed by atoms with Crippen LogP contribution in [-0.4, -0.2) is 24.7 Å². The monoisotopic (exact) mass is 351 g/mol. The number of nitrogens with zero attached hydrogens (tertiary/aromatic N) is 2. The van der Waals surface area contributed by atoms with Crippen molar-refractivity contribution in [1.82, 2.24) is 0 Å². The summed E-state index contributed by atoms with van der Waals surface area (Å²) >= 11 is 0. The number of nitrogens with one attached hydrogen (secondary N) is 4. The van der Waals surface area contributed by atoms with E-state index >= 15 is 0 Å². The number of hydrogen-bond acceptors (Lipinski definition) is 6. The number of carbonyl (C=O) groups excluding carboxylic acids is 1. The number of hydrazone groups is 1. The number of ether oxygens (including phenoxy) is 1. The zero-order valence-electron chi connectivity index (χ0n) is 13.9. The van der Waals surface area contributed by atoms with Crippen molar-refractivity contribution in [2.24, 2.45) is 10.8 Å². The first-order valence-electron chi connectivity index (χ1n) is 7.42. The van der Waals surface area contributed by atoms with Crippen molar-refractivity contribution in [1.29, 1.82) is 10.7 Å². The number of carbonyl (C=O) groups is 1. The van der Waals surface area contributed by atoms with Crippen LogP contribution >= 0.6 is 0 Å². The molecule has 26 heavy (non-hydrogen) atoms. The Kier molecular flexibility index (Phi) is 6.12. The van der Waals surface area contributed by atoms with Gasteiger partial charge in [0.05, 0.1) is 12.8 Å². The van der Waals surface area contributed by atoms with Crippen molar-refractivity contribution in [3.05, 3.63) is 48.5 Å². The van der Waals surface area contributed by atoms with E-state index in [2.05, 4.69) is 21.2 Å². The Morgan fingerprint density at radius 3 is 2.04 bits per heavy atom. The summed E-state index contributed by atoms with van der Waals surface area (Å²) in [7, 11) is 1.57. The van der Waals surface area contributed by atoms with Gasteiger partial charge in [-0.25, -0.2) is 4.79 Å². The summed E-state index contributed by atoms with van der Waals surface area (Å²) in [6, 6.07) is 14.9. The predicted octanol–water partition coefficient (Wildman–Crippen LogP) is 2.57. The molecule has 0 atom stereocenters. The number of urea groups is 1. The third-order valence-corrected chi connectivity index (χ3v) is 3.15. The summed E-state index contributed by atoms with van der Waals surface area (Å²) in [4.78, 5) is 12.0. The predicted molar refractivity (Wildman–Crippen MR) is 101 cm³/mol. The van der Waals surface area contributed by atoms with E-state index in [9.17, 15) is 4.79 Å². The fourth-order valence-electron chi connectivity index (χ4n) is 1.86. The lowest BCUT2D eigenvalue weighted by atomic mass is 10.3. The quantitative estimate of drug-likeness (QED) is 0.308. The molecule has 0 unspecified atom stereocenters. The second-order valence-electron chi connectivity index (χ2n) is 4.98. The highest BCUT2D eigenvalue weighted by atomic mass is 16.5. The molecule has 9 heteroatoms. The van der Waals surface area contributed by atoms with Gasteiger partial charge >= 0.3 is 6.03 Å². The summed E-state index contributed by atoms with van der Waals surface area (Å²) in [5, 5.41) is 25.0. The van der Waals surface area contributed by atoms with Gasteiger partial charge in [0, 0.05) is 11.4 Å². The van der Waals surface area contributed by atoms with Crippen molar-refractivity contribution in [3.8, 4) is 11.8 Å². The third-order valence-electron chi connectivity index (χ3n) is 3.15. The van der Waals surface area contributed by atoms with Gasteiger partial charge in [0.15, 0.2) is 5.84 Å². The van der Waals surface area contributed by atoms with Crippen molar-refractivity contribution >= 4 is 34.6 Å². The van der Waals surface area contributed by atoms with Crippen LogP contribution < -0.4 is 26.5 Å². The standard InChI is InChI=1S/C17H17N7O2/c1-26-14-8-6-12(7-9-14)22-17(25)21-11-2-4-13(5-3-11)23-24-15(10-18)16(19)20/h2-9,23H,1H3,(H3,19,20)(H2,21,22,25)/b24-15+. The van der Waals surface area contributed by atoms with Gasteiger partial charge in [-0.15, -0.1) is 0 Å². The van der Waals surface area contributed by atoms with Crippen molar-refractivity contribution in [2.75, 3.05) is 23.2 Å². The highest BCUT2D eigenvalue weighted by Gasteiger charge is 2.04. The summed E-state index contributed by atoms with van der Waals surface area (Å²) in [6.45, 7) is 0. The Labute approximate surface area is 150 Å². The van der Waals surface area contributed by atoms with E-state index in [1.54, 1.807) is 61.7 Å². The molecule has 9 nitrogen and oxygen atoms in total. The van der Waals surface area contributed by atoms with Crippen LogP contribution in [0.1, 0.15) is 0 Å². The molecule has 0 radical (unpaired) electrons. The number of amides is 2. The first-order chi connectivity index (χ1) is 12.5. The molecule has 0 aromatic heterocycles. The number of rotatable bonds is 6. The normalized spacial score (nSPS) is 10.4. The van der Waals surface area contributed by atoms with Crippen LogP contribution in [-0.2, 0) is 0 Å². The minimum absolute atomic E-state index is 0.217. The lowest BCUT2D eigenvalue weighted by Crippen LogP contribution is -2.21. The fraction of sp³-hybridized carbons (Fsp3) is 0.0588. The second-order valence-corrected chi connectivity index (χ2v) is 4.98. The fourth-order valence-corrected chi connectivity index (χ4v) is 1.86. The second kappa shape index (κ2) is 8.70. The lowest BCUT2D eigenvalue weighted by Gasteiger charge is -2.09. The zero-order chi connectivity index (χ0) is 18.9. The Morgan fingerprint density at radius 1 is 1.08 bits per heavy atom. The Morgan fingerprint density at radius 2 is 1.58 bits per heavy atom. The van der Waals surface area contributed by atoms with Gasteiger partial charge < -0.3 is 21.1 Å².